The minimum absolute atomic E-state index is 0.0141. The minimum Gasteiger partial charge on any atom is -0.497 e. The molecule has 0 unspecified atom stereocenters. The van der Waals surface area contributed by atoms with Gasteiger partial charge in [0.05, 0.1) is 12.7 Å². The lowest BCUT2D eigenvalue weighted by Crippen LogP contribution is -2.05. The highest BCUT2D eigenvalue weighted by molar-refractivity contribution is 5.66. The van der Waals surface area contributed by atoms with E-state index in [0.29, 0.717) is 0 Å². The van der Waals surface area contributed by atoms with Gasteiger partial charge in [-0.1, -0.05) is 6.58 Å². The molecule has 1 aromatic rings. The van der Waals surface area contributed by atoms with E-state index in [4.69, 9.17) is 10.5 Å². The van der Waals surface area contributed by atoms with E-state index in [0.717, 1.165) is 12.1 Å². The Bertz CT molecular complexity index is 340. The number of ether oxygens (including phenoxy) is 1. The predicted molar refractivity (Wildman–Crippen MR) is 51.0 cm³/mol. The topological polar surface area (TPSA) is 35.2 Å². The summed E-state index contributed by atoms with van der Waals surface area (Å²) in [5.41, 5.74) is 5.30. The zero-order chi connectivity index (χ0) is 10.7. The molecule has 0 amide bonds. The number of hydrogen-bond donors (Lipinski definition) is 1. The van der Waals surface area contributed by atoms with Gasteiger partial charge in [0.15, 0.2) is 0 Å². The van der Waals surface area contributed by atoms with Gasteiger partial charge in [-0.3, -0.25) is 0 Å². The second kappa shape index (κ2) is 4.19. The van der Waals surface area contributed by atoms with Gasteiger partial charge in [-0.05, 0) is 5.57 Å². The van der Waals surface area contributed by atoms with E-state index in [-0.39, 0.29) is 23.4 Å². The molecule has 0 saturated heterocycles. The van der Waals surface area contributed by atoms with Crippen LogP contribution in [0.5, 0.6) is 5.75 Å². The predicted octanol–water partition coefficient (Wildman–Crippen LogP) is 1.95. The first kappa shape index (κ1) is 10.7. The Hall–Kier alpha value is -1.42. The summed E-state index contributed by atoms with van der Waals surface area (Å²) in [6, 6.07) is 2.19. The third kappa shape index (κ3) is 1.90. The van der Waals surface area contributed by atoms with Crippen LogP contribution in [0.3, 0.4) is 0 Å². The lowest BCUT2D eigenvalue weighted by Gasteiger charge is -2.08. The van der Waals surface area contributed by atoms with E-state index < -0.39 is 11.6 Å². The Morgan fingerprint density at radius 3 is 2.29 bits per heavy atom. The van der Waals surface area contributed by atoms with E-state index >= 15 is 0 Å². The summed E-state index contributed by atoms with van der Waals surface area (Å²) in [5, 5.41) is 0. The Morgan fingerprint density at radius 2 is 1.93 bits per heavy atom. The van der Waals surface area contributed by atoms with Crippen LogP contribution >= 0.6 is 0 Å². The number of halogens is 2. The fourth-order valence-corrected chi connectivity index (χ4v) is 1.11. The third-order valence-electron chi connectivity index (χ3n) is 1.85. The van der Waals surface area contributed by atoms with Crippen LogP contribution in [0.25, 0.3) is 5.57 Å². The van der Waals surface area contributed by atoms with Gasteiger partial charge in [0.25, 0.3) is 0 Å². The van der Waals surface area contributed by atoms with Gasteiger partial charge in [-0.15, -0.1) is 0 Å². The van der Waals surface area contributed by atoms with Crippen LogP contribution in [0.15, 0.2) is 18.7 Å². The van der Waals surface area contributed by atoms with Crippen molar-refractivity contribution in [3.63, 3.8) is 0 Å². The van der Waals surface area contributed by atoms with Crippen LogP contribution in [-0.4, -0.2) is 13.7 Å². The average Bonchev–Trinajstić information content (AvgIpc) is 2.16. The molecule has 2 N–H and O–H groups in total. The molecule has 0 aliphatic heterocycles. The molecular formula is C10H11F2NO. The summed E-state index contributed by atoms with van der Waals surface area (Å²) in [6.45, 7) is 3.49. The average molecular weight is 199 g/mol. The maximum Gasteiger partial charge on any atom is 0.137 e. The molecule has 1 aromatic carbocycles. The van der Waals surface area contributed by atoms with Crippen LogP contribution in [0, 0.1) is 11.6 Å². The molecule has 0 aliphatic carbocycles. The summed E-state index contributed by atoms with van der Waals surface area (Å²) in [4.78, 5) is 0. The van der Waals surface area contributed by atoms with Gasteiger partial charge in [0, 0.05) is 18.7 Å². The largest absolute Gasteiger partial charge is 0.497 e. The lowest BCUT2D eigenvalue weighted by atomic mass is 10.1. The molecule has 0 fully saturated rings. The molecule has 4 heteroatoms. The monoisotopic (exact) mass is 199 g/mol. The zero-order valence-electron chi connectivity index (χ0n) is 7.81. The van der Waals surface area contributed by atoms with Crippen LogP contribution in [0.2, 0.25) is 0 Å². The number of hydrogen-bond acceptors (Lipinski definition) is 2. The highest BCUT2D eigenvalue weighted by atomic mass is 19.1. The number of methoxy groups -OCH3 is 1. The number of rotatable bonds is 3. The molecule has 76 valence electrons. The highest BCUT2D eigenvalue weighted by Gasteiger charge is 2.13. The molecule has 0 bridgehead atoms. The van der Waals surface area contributed by atoms with Crippen LogP contribution < -0.4 is 10.5 Å². The van der Waals surface area contributed by atoms with Crippen molar-refractivity contribution in [2.45, 2.75) is 0 Å². The Balaban J connectivity index is 3.25. The van der Waals surface area contributed by atoms with Crippen molar-refractivity contribution in [2.24, 2.45) is 5.73 Å². The molecule has 2 nitrogen and oxygen atoms in total. The molecular weight excluding hydrogens is 188 g/mol. The summed E-state index contributed by atoms with van der Waals surface area (Å²) >= 11 is 0. The maximum absolute atomic E-state index is 13.3. The summed E-state index contributed by atoms with van der Waals surface area (Å²) in [5.74, 6) is -1.29. The van der Waals surface area contributed by atoms with Crippen LogP contribution in [-0.2, 0) is 0 Å². The van der Waals surface area contributed by atoms with Crippen molar-refractivity contribution < 1.29 is 13.5 Å². The van der Waals surface area contributed by atoms with Crippen molar-refractivity contribution >= 4 is 5.57 Å². The second-order valence-corrected chi connectivity index (χ2v) is 2.77. The summed E-state index contributed by atoms with van der Waals surface area (Å²) in [6.07, 6.45) is 0. The molecule has 0 atom stereocenters. The SMILES string of the molecule is C=C(CN)c1c(F)cc(OC)cc1F. The summed E-state index contributed by atoms with van der Waals surface area (Å²) < 4.78 is 31.3. The van der Waals surface area contributed by atoms with E-state index in [2.05, 4.69) is 6.58 Å². The normalized spacial score (nSPS) is 10.0. The minimum atomic E-state index is -0.711. The Morgan fingerprint density at radius 1 is 1.43 bits per heavy atom. The lowest BCUT2D eigenvalue weighted by molar-refractivity contribution is 0.406. The first-order valence-corrected chi connectivity index (χ1v) is 4.01. The van der Waals surface area contributed by atoms with Gasteiger partial charge in [-0.2, -0.15) is 0 Å². The van der Waals surface area contributed by atoms with Gasteiger partial charge in [0.2, 0.25) is 0 Å². The first-order valence-electron chi connectivity index (χ1n) is 4.01. The Labute approximate surface area is 81.0 Å². The van der Waals surface area contributed by atoms with Crippen molar-refractivity contribution in [2.75, 3.05) is 13.7 Å². The fourth-order valence-electron chi connectivity index (χ4n) is 1.11. The number of nitrogens with two attached hydrogens (primary N) is 1. The van der Waals surface area contributed by atoms with Crippen LogP contribution in [0.1, 0.15) is 5.56 Å². The smallest absolute Gasteiger partial charge is 0.137 e. The van der Waals surface area contributed by atoms with E-state index in [1.54, 1.807) is 0 Å². The standard InChI is InChI=1S/C10H11F2NO/c1-6(5-13)10-8(11)3-7(14-2)4-9(10)12/h3-4H,1,5,13H2,2H3. The van der Waals surface area contributed by atoms with Gasteiger partial charge >= 0.3 is 0 Å². The van der Waals surface area contributed by atoms with Crippen LogP contribution in [0.4, 0.5) is 8.78 Å². The molecule has 0 aliphatic rings. The zero-order valence-corrected chi connectivity index (χ0v) is 7.81. The van der Waals surface area contributed by atoms with E-state index in [1.165, 1.54) is 7.11 Å². The van der Waals surface area contributed by atoms with Crippen molar-refractivity contribution in [3.8, 4) is 5.75 Å². The van der Waals surface area contributed by atoms with Crippen molar-refractivity contribution in [3.05, 3.63) is 35.9 Å². The highest BCUT2D eigenvalue weighted by Crippen LogP contribution is 2.24. The third-order valence-corrected chi connectivity index (χ3v) is 1.85. The second-order valence-electron chi connectivity index (χ2n) is 2.77. The molecule has 0 spiro atoms. The van der Waals surface area contributed by atoms with Gasteiger partial charge in [0.1, 0.15) is 17.4 Å². The molecule has 14 heavy (non-hydrogen) atoms. The summed E-state index contributed by atoms with van der Waals surface area (Å²) in [7, 11) is 1.34. The molecule has 0 saturated carbocycles. The Kier molecular flexibility index (Phi) is 3.19. The fraction of sp³-hybridized carbons (Fsp3) is 0.200. The molecule has 1 rings (SSSR count). The quantitative estimate of drug-likeness (QED) is 0.807. The van der Waals surface area contributed by atoms with Gasteiger partial charge in [-0.25, -0.2) is 8.78 Å². The number of benzene rings is 1. The van der Waals surface area contributed by atoms with Gasteiger partial charge < -0.3 is 10.5 Å². The molecule has 0 radical (unpaired) electrons. The van der Waals surface area contributed by atoms with E-state index in [9.17, 15) is 8.78 Å². The maximum atomic E-state index is 13.3. The van der Waals surface area contributed by atoms with Crippen molar-refractivity contribution in [1.82, 2.24) is 0 Å². The molecule has 0 heterocycles. The van der Waals surface area contributed by atoms with Crippen molar-refractivity contribution in [1.29, 1.82) is 0 Å². The molecule has 0 aromatic heterocycles. The van der Waals surface area contributed by atoms with E-state index in [1.807, 2.05) is 0 Å². The first-order chi connectivity index (χ1) is 6.60.